The molecule has 0 saturated heterocycles. The average molecular weight is 339 g/mol. The highest BCUT2D eigenvalue weighted by molar-refractivity contribution is 5.73. The van der Waals surface area contributed by atoms with E-state index in [-0.39, 0.29) is 18.4 Å². The molecule has 6 nitrogen and oxygen atoms in total. The van der Waals surface area contributed by atoms with Gasteiger partial charge < -0.3 is 10.6 Å². The normalized spacial score (nSPS) is 10.4. The van der Waals surface area contributed by atoms with Crippen LogP contribution in [-0.4, -0.2) is 20.8 Å². The highest BCUT2D eigenvalue weighted by Gasteiger charge is 2.04. The fourth-order valence-corrected chi connectivity index (χ4v) is 2.33. The van der Waals surface area contributed by atoms with Crippen LogP contribution in [0.4, 0.5) is 9.18 Å². The Morgan fingerprint density at radius 3 is 2.44 bits per heavy atom. The van der Waals surface area contributed by atoms with Gasteiger partial charge in [0.25, 0.3) is 0 Å². The van der Waals surface area contributed by atoms with E-state index in [2.05, 4.69) is 20.7 Å². The molecule has 3 aromatic rings. The molecule has 3 rings (SSSR count). The Bertz CT molecular complexity index is 818. The predicted octanol–water partition coefficient (Wildman–Crippen LogP) is 2.46. The van der Waals surface area contributed by atoms with E-state index in [4.69, 9.17) is 0 Å². The predicted molar refractivity (Wildman–Crippen MR) is 91.0 cm³/mol. The van der Waals surface area contributed by atoms with Crippen molar-refractivity contribution in [3.05, 3.63) is 83.7 Å². The van der Waals surface area contributed by atoms with Gasteiger partial charge in [0.05, 0.1) is 6.54 Å². The first-order valence-electron chi connectivity index (χ1n) is 7.86. The molecule has 7 heteroatoms. The highest BCUT2D eigenvalue weighted by atomic mass is 19.1. The quantitative estimate of drug-likeness (QED) is 0.725. The van der Waals surface area contributed by atoms with Gasteiger partial charge in [-0.25, -0.2) is 18.9 Å². The Hall–Kier alpha value is -3.22. The summed E-state index contributed by atoms with van der Waals surface area (Å²) in [6, 6.07) is 13.9. The van der Waals surface area contributed by atoms with Gasteiger partial charge in [0, 0.05) is 18.7 Å². The average Bonchev–Trinajstić information content (AvgIpc) is 3.13. The number of nitrogens with zero attached hydrogens (tertiary/aromatic N) is 3. The van der Waals surface area contributed by atoms with Crippen LogP contribution in [0, 0.1) is 5.82 Å². The maximum Gasteiger partial charge on any atom is 0.315 e. The fraction of sp³-hybridized carbons (Fsp3) is 0.167. The number of amides is 2. The molecular formula is C18H18FN5O. The molecule has 0 unspecified atom stereocenters. The molecule has 0 aliphatic heterocycles. The van der Waals surface area contributed by atoms with Crippen LogP contribution in [0.5, 0.6) is 0 Å². The number of halogens is 1. The van der Waals surface area contributed by atoms with E-state index in [0.717, 1.165) is 11.1 Å². The lowest BCUT2D eigenvalue weighted by Gasteiger charge is -2.09. The van der Waals surface area contributed by atoms with E-state index >= 15 is 0 Å². The van der Waals surface area contributed by atoms with Gasteiger partial charge in [-0.3, -0.25) is 0 Å². The van der Waals surface area contributed by atoms with Crippen LogP contribution < -0.4 is 10.6 Å². The summed E-state index contributed by atoms with van der Waals surface area (Å²) >= 11 is 0. The molecule has 1 heterocycles. The Balaban J connectivity index is 1.45. The first-order chi connectivity index (χ1) is 12.2. The van der Waals surface area contributed by atoms with Crippen molar-refractivity contribution in [3.8, 4) is 0 Å². The van der Waals surface area contributed by atoms with Crippen molar-refractivity contribution >= 4 is 6.03 Å². The monoisotopic (exact) mass is 339 g/mol. The number of rotatable bonds is 6. The van der Waals surface area contributed by atoms with E-state index in [1.54, 1.807) is 29.2 Å². The molecule has 0 radical (unpaired) electrons. The lowest BCUT2D eigenvalue weighted by molar-refractivity contribution is 0.240. The second-order valence-corrected chi connectivity index (χ2v) is 5.54. The molecule has 1 aromatic heterocycles. The Morgan fingerprint density at radius 2 is 1.72 bits per heavy atom. The zero-order chi connectivity index (χ0) is 17.5. The van der Waals surface area contributed by atoms with Crippen LogP contribution in [0.25, 0.3) is 0 Å². The third-order valence-electron chi connectivity index (χ3n) is 3.68. The van der Waals surface area contributed by atoms with E-state index in [0.29, 0.717) is 18.7 Å². The molecule has 2 aromatic carbocycles. The summed E-state index contributed by atoms with van der Waals surface area (Å²) in [5.41, 5.74) is 2.52. The Labute approximate surface area is 144 Å². The van der Waals surface area contributed by atoms with Crippen molar-refractivity contribution in [2.75, 3.05) is 0 Å². The number of benzene rings is 2. The lowest BCUT2D eigenvalue weighted by Crippen LogP contribution is -2.34. The first-order valence-corrected chi connectivity index (χ1v) is 7.86. The number of hydrogen-bond donors (Lipinski definition) is 2. The summed E-state index contributed by atoms with van der Waals surface area (Å²) in [4.78, 5) is 15.7. The second-order valence-electron chi connectivity index (χ2n) is 5.54. The molecular weight excluding hydrogens is 321 g/mol. The second kappa shape index (κ2) is 8.05. The number of aromatic nitrogens is 3. The summed E-state index contributed by atoms with van der Waals surface area (Å²) in [5, 5.41) is 9.45. The summed E-state index contributed by atoms with van der Waals surface area (Å²) in [7, 11) is 0. The van der Waals surface area contributed by atoms with E-state index in [1.807, 2.05) is 24.3 Å². The number of nitrogens with one attached hydrogen (secondary N) is 2. The van der Waals surface area contributed by atoms with Crippen LogP contribution in [-0.2, 0) is 19.6 Å². The van der Waals surface area contributed by atoms with Gasteiger partial charge in [-0.15, -0.1) is 0 Å². The zero-order valence-electron chi connectivity index (χ0n) is 13.5. The molecule has 128 valence electrons. The molecule has 2 amide bonds. The number of urea groups is 1. The van der Waals surface area contributed by atoms with Crippen LogP contribution in [0.2, 0.25) is 0 Å². The highest BCUT2D eigenvalue weighted by Crippen LogP contribution is 2.07. The first kappa shape index (κ1) is 16.6. The van der Waals surface area contributed by atoms with Crippen LogP contribution in [0.3, 0.4) is 0 Å². The van der Waals surface area contributed by atoms with E-state index < -0.39 is 0 Å². The van der Waals surface area contributed by atoms with Gasteiger partial charge in [0.2, 0.25) is 0 Å². The SMILES string of the molecule is O=C(NCc1ccc(Cn2cncn2)cc1)NCc1ccccc1F. The number of hydrogen-bond acceptors (Lipinski definition) is 3. The van der Waals surface area contributed by atoms with Gasteiger partial charge >= 0.3 is 6.03 Å². The molecule has 2 N–H and O–H groups in total. The van der Waals surface area contributed by atoms with Crippen LogP contribution >= 0.6 is 0 Å². The van der Waals surface area contributed by atoms with E-state index in [1.165, 1.54) is 12.4 Å². The maximum absolute atomic E-state index is 13.5. The third-order valence-corrected chi connectivity index (χ3v) is 3.68. The molecule has 25 heavy (non-hydrogen) atoms. The minimum absolute atomic E-state index is 0.148. The summed E-state index contributed by atoms with van der Waals surface area (Å²) in [6.45, 7) is 1.19. The molecule has 0 aliphatic rings. The zero-order valence-corrected chi connectivity index (χ0v) is 13.5. The fourth-order valence-electron chi connectivity index (χ4n) is 2.33. The lowest BCUT2D eigenvalue weighted by atomic mass is 10.1. The van der Waals surface area contributed by atoms with Crippen molar-refractivity contribution < 1.29 is 9.18 Å². The van der Waals surface area contributed by atoms with Crippen molar-refractivity contribution in [2.24, 2.45) is 0 Å². The van der Waals surface area contributed by atoms with Crippen LogP contribution in [0.1, 0.15) is 16.7 Å². The molecule has 0 saturated carbocycles. The van der Waals surface area contributed by atoms with Gasteiger partial charge in [0.1, 0.15) is 18.5 Å². The number of carbonyl (C=O) groups is 1. The third kappa shape index (κ3) is 4.87. The topological polar surface area (TPSA) is 71.8 Å². The van der Waals surface area contributed by atoms with Gasteiger partial charge in [0.15, 0.2) is 0 Å². The van der Waals surface area contributed by atoms with Crippen molar-refractivity contribution in [1.82, 2.24) is 25.4 Å². The minimum atomic E-state index is -0.338. The maximum atomic E-state index is 13.5. The standard InChI is InChI=1S/C18H18FN5O/c19-17-4-2-1-3-16(17)10-22-18(25)21-9-14-5-7-15(8-6-14)11-24-13-20-12-23-24/h1-8,12-13H,9-11H2,(H2,21,22,25). The molecule has 0 spiro atoms. The summed E-state index contributed by atoms with van der Waals surface area (Å²) in [5.74, 6) is -0.328. The van der Waals surface area contributed by atoms with Gasteiger partial charge in [-0.2, -0.15) is 5.10 Å². The van der Waals surface area contributed by atoms with Crippen molar-refractivity contribution in [3.63, 3.8) is 0 Å². The van der Waals surface area contributed by atoms with Crippen molar-refractivity contribution in [2.45, 2.75) is 19.6 Å². The van der Waals surface area contributed by atoms with Gasteiger partial charge in [-0.05, 0) is 17.2 Å². The van der Waals surface area contributed by atoms with Gasteiger partial charge in [-0.1, -0.05) is 42.5 Å². The summed E-state index contributed by atoms with van der Waals surface area (Å²) < 4.78 is 15.2. The van der Waals surface area contributed by atoms with Crippen molar-refractivity contribution in [1.29, 1.82) is 0 Å². The Morgan fingerprint density at radius 1 is 1.00 bits per heavy atom. The molecule has 0 atom stereocenters. The largest absolute Gasteiger partial charge is 0.334 e. The Kier molecular flexibility index (Phi) is 5.36. The van der Waals surface area contributed by atoms with E-state index in [9.17, 15) is 9.18 Å². The molecule has 0 bridgehead atoms. The molecule has 0 fully saturated rings. The number of carbonyl (C=O) groups excluding carboxylic acids is 1. The molecule has 0 aliphatic carbocycles. The smallest absolute Gasteiger partial charge is 0.315 e. The summed E-state index contributed by atoms with van der Waals surface area (Å²) in [6.07, 6.45) is 3.16. The minimum Gasteiger partial charge on any atom is -0.334 e. The van der Waals surface area contributed by atoms with Crippen LogP contribution in [0.15, 0.2) is 61.2 Å².